The number of amides is 1. The smallest absolute Gasteiger partial charge is 0.226 e. The third kappa shape index (κ3) is 4.74. The van der Waals surface area contributed by atoms with Crippen LogP contribution in [0, 0.1) is 5.92 Å². The fraction of sp³-hybridized carbons (Fsp3) is 0.458. The molecule has 2 atom stereocenters. The first-order chi connectivity index (χ1) is 13.5. The number of nitrogens with one attached hydrogen (secondary N) is 1. The minimum atomic E-state index is 0.131. The molecule has 0 unspecified atom stereocenters. The van der Waals surface area contributed by atoms with Gasteiger partial charge in [-0.05, 0) is 57.4 Å². The minimum Gasteiger partial charge on any atom is -0.496 e. The molecule has 1 saturated heterocycles. The molecule has 28 heavy (non-hydrogen) atoms. The largest absolute Gasteiger partial charge is 0.496 e. The summed E-state index contributed by atoms with van der Waals surface area (Å²) in [5.41, 5.74) is 3.36. The molecule has 0 aliphatic carbocycles. The van der Waals surface area contributed by atoms with Crippen LogP contribution in [-0.4, -0.2) is 36.5 Å². The monoisotopic (exact) mass is 380 g/mol. The van der Waals surface area contributed by atoms with Gasteiger partial charge in [-0.1, -0.05) is 42.5 Å². The van der Waals surface area contributed by atoms with Gasteiger partial charge in [-0.25, -0.2) is 0 Å². The van der Waals surface area contributed by atoms with Crippen molar-refractivity contribution in [3.8, 4) is 16.9 Å². The van der Waals surface area contributed by atoms with Crippen molar-refractivity contribution in [2.24, 2.45) is 5.92 Å². The van der Waals surface area contributed by atoms with Crippen LogP contribution in [0.2, 0.25) is 0 Å². The van der Waals surface area contributed by atoms with Gasteiger partial charge in [0.05, 0.1) is 7.11 Å². The molecule has 1 aliphatic heterocycles. The number of carbonyl (C=O) groups is 1. The fourth-order valence-corrected chi connectivity index (χ4v) is 3.98. The maximum atomic E-state index is 13.1. The van der Waals surface area contributed by atoms with E-state index in [-0.39, 0.29) is 17.9 Å². The molecule has 4 heteroatoms. The molecule has 0 radical (unpaired) electrons. The van der Waals surface area contributed by atoms with E-state index in [0.29, 0.717) is 12.6 Å². The van der Waals surface area contributed by atoms with Crippen LogP contribution in [0.4, 0.5) is 0 Å². The highest BCUT2D eigenvalue weighted by Crippen LogP contribution is 2.30. The van der Waals surface area contributed by atoms with Crippen LogP contribution in [0.1, 0.15) is 39.2 Å². The van der Waals surface area contributed by atoms with Gasteiger partial charge < -0.3 is 15.0 Å². The normalized spacial score (nSPS) is 19.5. The van der Waals surface area contributed by atoms with E-state index in [1.54, 1.807) is 7.11 Å². The van der Waals surface area contributed by atoms with Crippen molar-refractivity contribution in [3.63, 3.8) is 0 Å². The summed E-state index contributed by atoms with van der Waals surface area (Å²) in [5, 5.41) is 3.43. The van der Waals surface area contributed by atoms with E-state index in [9.17, 15) is 4.79 Å². The maximum Gasteiger partial charge on any atom is 0.226 e. The summed E-state index contributed by atoms with van der Waals surface area (Å²) in [4.78, 5) is 15.2. The van der Waals surface area contributed by atoms with E-state index < -0.39 is 0 Å². The lowest BCUT2D eigenvalue weighted by Crippen LogP contribution is -2.46. The number of carbonyl (C=O) groups excluding carboxylic acids is 1. The SMILES string of the molecule is COc1ccccc1-c1ccc(CN(C(=O)[C@H]2CCN[C@@H](C)C2)C(C)C)cc1. The Labute approximate surface area is 168 Å². The van der Waals surface area contributed by atoms with Gasteiger partial charge in [0.25, 0.3) is 0 Å². The third-order valence-electron chi connectivity index (χ3n) is 5.60. The molecule has 150 valence electrons. The number of rotatable bonds is 6. The number of para-hydroxylation sites is 1. The lowest BCUT2D eigenvalue weighted by atomic mass is 9.91. The van der Waals surface area contributed by atoms with E-state index in [0.717, 1.165) is 41.8 Å². The van der Waals surface area contributed by atoms with Crippen molar-refractivity contribution in [2.45, 2.75) is 52.2 Å². The lowest BCUT2D eigenvalue weighted by Gasteiger charge is -2.34. The summed E-state index contributed by atoms with van der Waals surface area (Å²) in [6, 6.07) is 17.1. The van der Waals surface area contributed by atoms with E-state index >= 15 is 0 Å². The first-order valence-electron chi connectivity index (χ1n) is 10.3. The Morgan fingerprint density at radius 3 is 2.54 bits per heavy atom. The Balaban J connectivity index is 1.74. The van der Waals surface area contributed by atoms with Crippen LogP contribution in [0.15, 0.2) is 48.5 Å². The Morgan fingerprint density at radius 1 is 1.18 bits per heavy atom. The summed E-state index contributed by atoms with van der Waals surface area (Å²) in [5.74, 6) is 1.29. The zero-order valence-electron chi connectivity index (χ0n) is 17.4. The van der Waals surface area contributed by atoms with E-state index in [4.69, 9.17) is 4.74 Å². The molecule has 4 nitrogen and oxygen atoms in total. The van der Waals surface area contributed by atoms with Crippen molar-refractivity contribution in [3.05, 3.63) is 54.1 Å². The Kier molecular flexibility index (Phi) is 6.74. The fourth-order valence-electron chi connectivity index (χ4n) is 3.98. The number of hydrogen-bond acceptors (Lipinski definition) is 3. The molecule has 0 saturated carbocycles. The highest BCUT2D eigenvalue weighted by Gasteiger charge is 2.29. The molecule has 1 aliphatic rings. The van der Waals surface area contributed by atoms with E-state index in [1.807, 2.05) is 23.1 Å². The molecular weight excluding hydrogens is 348 g/mol. The molecule has 0 aromatic heterocycles. The Hall–Kier alpha value is -2.33. The van der Waals surface area contributed by atoms with Crippen LogP contribution in [0.3, 0.4) is 0 Å². The predicted octanol–water partition coefficient (Wildman–Crippen LogP) is 4.49. The van der Waals surface area contributed by atoms with Crippen molar-refractivity contribution in [1.82, 2.24) is 10.2 Å². The molecule has 1 heterocycles. The van der Waals surface area contributed by atoms with Crippen molar-refractivity contribution >= 4 is 5.91 Å². The van der Waals surface area contributed by atoms with Crippen LogP contribution in [-0.2, 0) is 11.3 Å². The lowest BCUT2D eigenvalue weighted by molar-refractivity contribution is -0.139. The molecule has 1 amide bonds. The average Bonchev–Trinajstić information content (AvgIpc) is 2.71. The van der Waals surface area contributed by atoms with Crippen LogP contribution >= 0.6 is 0 Å². The van der Waals surface area contributed by atoms with E-state index in [2.05, 4.69) is 56.4 Å². The van der Waals surface area contributed by atoms with Gasteiger partial charge >= 0.3 is 0 Å². The quantitative estimate of drug-likeness (QED) is 0.803. The highest BCUT2D eigenvalue weighted by atomic mass is 16.5. The van der Waals surface area contributed by atoms with Crippen molar-refractivity contribution in [1.29, 1.82) is 0 Å². The summed E-state index contributed by atoms with van der Waals surface area (Å²) < 4.78 is 5.48. The van der Waals surface area contributed by atoms with Crippen LogP contribution in [0.25, 0.3) is 11.1 Å². The standard InChI is InChI=1S/C24H32N2O2/c1-17(2)26(24(27)21-13-14-25-18(3)15-21)16-19-9-11-20(12-10-19)22-7-5-6-8-23(22)28-4/h5-12,17-18,21,25H,13-16H2,1-4H3/t18-,21-/m0/s1. The zero-order chi connectivity index (χ0) is 20.1. The van der Waals surface area contributed by atoms with Crippen LogP contribution < -0.4 is 10.1 Å². The highest BCUT2D eigenvalue weighted by molar-refractivity contribution is 5.79. The first-order valence-corrected chi connectivity index (χ1v) is 10.3. The van der Waals surface area contributed by atoms with E-state index in [1.165, 1.54) is 0 Å². The molecular formula is C24H32N2O2. The Morgan fingerprint density at radius 2 is 1.89 bits per heavy atom. The minimum absolute atomic E-state index is 0.131. The number of piperidine rings is 1. The molecule has 0 bridgehead atoms. The summed E-state index contributed by atoms with van der Waals surface area (Å²) >= 11 is 0. The molecule has 3 rings (SSSR count). The second-order valence-corrected chi connectivity index (χ2v) is 8.03. The molecule has 2 aromatic rings. The van der Waals surface area contributed by atoms with Crippen LogP contribution in [0.5, 0.6) is 5.75 Å². The van der Waals surface area contributed by atoms with Gasteiger partial charge in [-0.3, -0.25) is 4.79 Å². The molecule has 2 aromatic carbocycles. The Bertz CT molecular complexity index is 785. The summed E-state index contributed by atoms with van der Waals surface area (Å²) in [7, 11) is 1.70. The average molecular weight is 381 g/mol. The molecule has 1 N–H and O–H groups in total. The second-order valence-electron chi connectivity index (χ2n) is 8.03. The number of nitrogens with zero attached hydrogens (tertiary/aromatic N) is 1. The molecule has 0 spiro atoms. The summed E-state index contributed by atoms with van der Waals surface area (Å²) in [6.45, 7) is 7.95. The topological polar surface area (TPSA) is 41.6 Å². The van der Waals surface area contributed by atoms with Gasteiger partial charge in [0.2, 0.25) is 5.91 Å². The van der Waals surface area contributed by atoms with Gasteiger partial charge in [0.15, 0.2) is 0 Å². The number of hydrogen-bond donors (Lipinski definition) is 1. The maximum absolute atomic E-state index is 13.1. The molecule has 1 fully saturated rings. The van der Waals surface area contributed by atoms with Gasteiger partial charge in [-0.2, -0.15) is 0 Å². The first kappa shape index (κ1) is 20.4. The van der Waals surface area contributed by atoms with Crippen molar-refractivity contribution in [2.75, 3.05) is 13.7 Å². The summed E-state index contributed by atoms with van der Waals surface area (Å²) in [6.07, 6.45) is 1.86. The number of methoxy groups -OCH3 is 1. The number of ether oxygens (including phenoxy) is 1. The second kappa shape index (κ2) is 9.24. The zero-order valence-corrected chi connectivity index (χ0v) is 17.4. The third-order valence-corrected chi connectivity index (χ3v) is 5.60. The number of benzene rings is 2. The van der Waals surface area contributed by atoms with Gasteiger partial charge in [0, 0.05) is 30.1 Å². The van der Waals surface area contributed by atoms with Gasteiger partial charge in [0.1, 0.15) is 5.75 Å². The van der Waals surface area contributed by atoms with Gasteiger partial charge in [-0.15, -0.1) is 0 Å². The predicted molar refractivity (Wildman–Crippen MR) is 114 cm³/mol. The van der Waals surface area contributed by atoms with Crippen molar-refractivity contribution < 1.29 is 9.53 Å².